The van der Waals surface area contributed by atoms with Gasteiger partial charge in [-0.25, -0.2) is 0 Å². The summed E-state index contributed by atoms with van der Waals surface area (Å²) in [6.07, 6.45) is 0.932. The van der Waals surface area contributed by atoms with E-state index in [0.29, 0.717) is 11.5 Å². The molecule has 0 unspecified atom stereocenters. The lowest BCUT2D eigenvalue weighted by Gasteiger charge is -2.19. The Morgan fingerprint density at radius 1 is 1.26 bits per heavy atom. The van der Waals surface area contributed by atoms with Crippen molar-refractivity contribution in [1.82, 2.24) is 5.32 Å². The number of hydrogen-bond acceptors (Lipinski definition) is 8. The third-order valence-corrected chi connectivity index (χ3v) is 4.49. The van der Waals surface area contributed by atoms with Crippen LogP contribution in [0.4, 0.5) is 0 Å². The van der Waals surface area contributed by atoms with Crippen molar-refractivity contribution >= 4 is 29.6 Å². The van der Waals surface area contributed by atoms with Gasteiger partial charge in [-0.1, -0.05) is 0 Å². The molecule has 0 aromatic heterocycles. The number of thioether (sulfide) groups is 1. The Morgan fingerprint density at radius 2 is 1.91 bits per heavy atom. The first kappa shape index (κ1) is 19.7. The Hall–Kier alpha value is -1.32. The number of esters is 2. The van der Waals surface area contributed by atoms with Crippen LogP contribution in [0.25, 0.3) is 0 Å². The molecule has 0 heterocycles. The van der Waals surface area contributed by atoms with Crippen LogP contribution < -0.4 is 11.1 Å². The van der Waals surface area contributed by atoms with E-state index in [1.807, 2.05) is 0 Å². The van der Waals surface area contributed by atoms with Gasteiger partial charge in [-0.05, 0) is 12.8 Å². The molecule has 0 spiro atoms. The fourth-order valence-corrected chi connectivity index (χ4v) is 2.76. The summed E-state index contributed by atoms with van der Waals surface area (Å²) < 4.78 is 9.87. The highest BCUT2D eigenvalue weighted by Gasteiger charge is 2.44. The minimum absolute atomic E-state index is 0.0308. The van der Waals surface area contributed by atoms with E-state index < -0.39 is 29.6 Å². The summed E-state index contributed by atoms with van der Waals surface area (Å²) in [5, 5.41) is 11.9. The Labute approximate surface area is 139 Å². The Bertz CT molecular complexity index is 441. The second-order valence-corrected chi connectivity index (χ2v) is 6.68. The van der Waals surface area contributed by atoms with Crippen molar-refractivity contribution in [2.45, 2.75) is 44.4 Å². The molecule has 1 rings (SSSR count). The summed E-state index contributed by atoms with van der Waals surface area (Å²) in [4.78, 5) is 33.7. The lowest BCUT2D eigenvalue weighted by molar-refractivity contribution is -0.154. The molecule has 132 valence electrons. The van der Waals surface area contributed by atoms with Gasteiger partial charge in [0.2, 0.25) is 5.91 Å². The molecule has 4 N–H and O–H groups in total. The highest BCUT2D eigenvalue weighted by Crippen LogP contribution is 2.34. The molecule has 1 aliphatic rings. The van der Waals surface area contributed by atoms with E-state index in [1.165, 1.54) is 25.6 Å². The van der Waals surface area contributed by atoms with Crippen molar-refractivity contribution in [1.29, 1.82) is 0 Å². The molecule has 1 aliphatic carbocycles. The number of nitrogens with one attached hydrogen (secondary N) is 1. The molecule has 1 saturated carbocycles. The van der Waals surface area contributed by atoms with Crippen molar-refractivity contribution < 1.29 is 29.0 Å². The standard InChI is InChI=1S/C14H24N2O6S/c1-9(18)21-5-11(22-10(2)19)6-23-7-12(15)13(20)16-14(8-17)3-4-14/h11-12,17H,3-8,15H2,1-2H3,(H,16,20)/t11-,12+/m1/s1. The number of carbonyl (C=O) groups excluding carboxylic acids is 3. The van der Waals surface area contributed by atoms with Crippen molar-refractivity contribution in [3.63, 3.8) is 0 Å². The monoisotopic (exact) mass is 348 g/mol. The fraction of sp³-hybridized carbons (Fsp3) is 0.786. The smallest absolute Gasteiger partial charge is 0.303 e. The third-order valence-electron chi connectivity index (χ3n) is 3.29. The van der Waals surface area contributed by atoms with E-state index in [-0.39, 0.29) is 19.1 Å². The van der Waals surface area contributed by atoms with Crippen LogP contribution in [0.3, 0.4) is 0 Å². The van der Waals surface area contributed by atoms with Gasteiger partial charge in [0.1, 0.15) is 12.7 Å². The van der Waals surface area contributed by atoms with Crippen LogP contribution in [0.1, 0.15) is 26.7 Å². The number of carbonyl (C=O) groups is 3. The Kier molecular flexibility index (Phi) is 7.80. The first-order valence-electron chi connectivity index (χ1n) is 7.35. The summed E-state index contributed by atoms with van der Waals surface area (Å²) in [5.74, 6) is -0.553. The van der Waals surface area contributed by atoms with Crippen LogP contribution in [0.2, 0.25) is 0 Å². The molecule has 0 aliphatic heterocycles. The van der Waals surface area contributed by atoms with Crippen molar-refractivity contribution in [2.24, 2.45) is 5.73 Å². The number of hydrogen-bond donors (Lipinski definition) is 3. The summed E-state index contributed by atoms with van der Waals surface area (Å²) in [5.41, 5.74) is 5.32. The predicted octanol–water partition coefficient (Wildman–Crippen LogP) is -0.817. The number of nitrogens with two attached hydrogens (primary N) is 1. The second kappa shape index (κ2) is 9.09. The molecular weight excluding hydrogens is 324 g/mol. The maximum Gasteiger partial charge on any atom is 0.303 e. The van der Waals surface area contributed by atoms with Crippen LogP contribution in [0.5, 0.6) is 0 Å². The number of aliphatic hydroxyl groups excluding tert-OH is 1. The van der Waals surface area contributed by atoms with E-state index >= 15 is 0 Å². The zero-order chi connectivity index (χ0) is 17.5. The molecule has 2 atom stereocenters. The minimum Gasteiger partial charge on any atom is -0.462 e. The highest BCUT2D eigenvalue weighted by atomic mass is 32.2. The second-order valence-electron chi connectivity index (χ2n) is 5.61. The Morgan fingerprint density at radius 3 is 2.39 bits per heavy atom. The summed E-state index contributed by atoms with van der Waals surface area (Å²) in [6, 6.07) is -0.726. The summed E-state index contributed by atoms with van der Waals surface area (Å²) in [7, 11) is 0. The molecular formula is C14H24N2O6S. The van der Waals surface area contributed by atoms with E-state index in [9.17, 15) is 19.5 Å². The lowest BCUT2D eigenvalue weighted by atomic mass is 10.2. The molecule has 0 aromatic carbocycles. The fourth-order valence-electron chi connectivity index (χ4n) is 1.79. The molecule has 0 saturated heterocycles. The molecule has 0 radical (unpaired) electrons. The van der Waals surface area contributed by atoms with Crippen molar-refractivity contribution in [2.75, 3.05) is 24.7 Å². The van der Waals surface area contributed by atoms with Crippen molar-refractivity contribution in [3.05, 3.63) is 0 Å². The molecule has 1 amide bonds. The molecule has 0 aromatic rings. The summed E-state index contributed by atoms with van der Waals surface area (Å²) in [6.45, 7) is 2.42. The molecule has 9 heteroatoms. The van der Waals surface area contributed by atoms with E-state index in [2.05, 4.69) is 5.32 Å². The average molecular weight is 348 g/mol. The van der Waals surface area contributed by atoms with Crippen LogP contribution >= 0.6 is 11.8 Å². The summed E-state index contributed by atoms with van der Waals surface area (Å²) >= 11 is 1.33. The van der Waals surface area contributed by atoms with Crippen LogP contribution in [-0.4, -0.2) is 65.4 Å². The van der Waals surface area contributed by atoms with E-state index in [1.54, 1.807) is 0 Å². The van der Waals surface area contributed by atoms with Gasteiger partial charge < -0.3 is 25.6 Å². The van der Waals surface area contributed by atoms with Gasteiger partial charge in [0, 0.05) is 25.4 Å². The predicted molar refractivity (Wildman–Crippen MR) is 84.7 cm³/mol. The van der Waals surface area contributed by atoms with Crippen LogP contribution in [0, 0.1) is 0 Å². The molecule has 8 nitrogen and oxygen atoms in total. The molecule has 1 fully saturated rings. The first-order valence-corrected chi connectivity index (χ1v) is 8.50. The highest BCUT2D eigenvalue weighted by molar-refractivity contribution is 7.99. The van der Waals surface area contributed by atoms with Gasteiger partial charge in [-0.2, -0.15) is 11.8 Å². The lowest BCUT2D eigenvalue weighted by Crippen LogP contribution is -2.49. The Balaban J connectivity index is 2.31. The van der Waals surface area contributed by atoms with Gasteiger partial charge in [0.25, 0.3) is 0 Å². The molecule has 0 bridgehead atoms. The first-order chi connectivity index (χ1) is 10.8. The maximum atomic E-state index is 11.9. The third kappa shape index (κ3) is 7.67. The van der Waals surface area contributed by atoms with E-state index in [0.717, 1.165) is 12.8 Å². The zero-order valence-corrected chi connectivity index (χ0v) is 14.2. The topological polar surface area (TPSA) is 128 Å². The quantitative estimate of drug-likeness (QED) is 0.437. The van der Waals surface area contributed by atoms with Gasteiger partial charge in [-0.15, -0.1) is 0 Å². The van der Waals surface area contributed by atoms with Crippen LogP contribution in [0.15, 0.2) is 0 Å². The van der Waals surface area contributed by atoms with Gasteiger partial charge in [0.05, 0.1) is 18.2 Å². The van der Waals surface area contributed by atoms with Gasteiger partial charge in [-0.3, -0.25) is 14.4 Å². The number of ether oxygens (including phenoxy) is 2. The normalized spacial score (nSPS) is 17.7. The number of aliphatic hydroxyl groups is 1. The number of amides is 1. The van der Waals surface area contributed by atoms with E-state index in [4.69, 9.17) is 15.2 Å². The van der Waals surface area contributed by atoms with Gasteiger partial charge in [0.15, 0.2) is 0 Å². The SMILES string of the molecule is CC(=O)OC[C@H](CSC[C@H](N)C(=O)NC1(CO)CC1)OC(C)=O. The average Bonchev–Trinajstić information content (AvgIpc) is 3.24. The number of rotatable bonds is 10. The van der Waals surface area contributed by atoms with Crippen molar-refractivity contribution in [3.8, 4) is 0 Å². The zero-order valence-electron chi connectivity index (χ0n) is 13.4. The molecule has 23 heavy (non-hydrogen) atoms. The largest absolute Gasteiger partial charge is 0.462 e. The van der Waals surface area contributed by atoms with Gasteiger partial charge >= 0.3 is 11.9 Å². The maximum absolute atomic E-state index is 11.9. The minimum atomic E-state index is -0.726. The van der Waals surface area contributed by atoms with Crippen LogP contribution in [-0.2, 0) is 23.9 Å².